The van der Waals surface area contributed by atoms with Crippen LogP contribution in [-0.2, 0) is 0 Å². The van der Waals surface area contributed by atoms with Crippen LogP contribution >= 0.6 is 0 Å². The van der Waals surface area contributed by atoms with Crippen molar-refractivity contribution >= 4 is 5.82 Å². The SMILES string of the molecule is Cc1ccccc1-n1nc(-c2c(NCC(C)(C)CO)n[nH]c2-c2ccc(F)cc2)ccc1=O. The topological polar surface area (TPSA) is 95.8 Å². The first-order chi connectivity index (χ1) is 15.8. The summed E-state index contributed by atoms with van der Waals surface area (Å²) in [6.45, 7) is 6.25. The number of nitrogens with zero attached hydrogens (tertiary/aromatic N) is 3. The Bertz CT molecular complexity index is 1330. The molecule has 0 atom stereocenters. The van der Waals surface area contributed by atoms with Gasteiger partial charge in [0.2, 0.25) is 0 Å². The van der Waals surface area contributed by atoms with Crippen molar-refractivity contribution in [3.05, 3.63) is 82.4 Å². The van der Waals surface area contributed by atoms with Crippen molar-refractivity contribution in [1.29, 1.82) is 0 Å². The van der Waals surface area contributed by atoms with E-state index in [2.05, 4.69) is 20.6 Å². The molecule has 0 spiro atoms. The minimum atomic E-state index is -0.375. The molecule has 0 amide bonds. The van der Waals surface area contributed by atoms with Gasteiger partial charge in [0, 0.05) is 30.2 Å². The molecule has 0 aliphatic carbocycles. The fraction of sp³-hybridized carbons (Fsp3) is 0.240. The Hall–Kier alpha value is -3.78. The average Bonchev–Trinajstić information content (AvgIpc) is 3.23. The zero-order valence-electron chi connectivity index (χ0n) is 18.8. The van der Waals surface area contributed by atoms with Crippen LogP contribution in [0.3, 0.4) is 0 Å². The third-order valence-electron chi connectivity index (χ3n) is 5.46. The van der Waals surface area contributed by atoms with Gasteiger partial charge in [0.05, 0.1) is 22.6 Å². The van der Waals surface area contributed by atoms with Crippen LogP contribution in [0.1, 0.15) is 19.4 Å². The largest absolute Gasteiger partial charge is 0.396 e. The van der Waals surface area contributed by atoms with Gasteiger partial charge in [0.25, 0.3) is 5.56 Å². The van der Waals surface area contributed by atoms with Gasteiger partial charge in [-0.1, -0.05) is 32.0 Å². The first-order valence-electron chi connectivity index (χ1n) is 10.6. The second kappa shape index (κ2) is 8.99. The van der Waals surface area contributed by atoms with Gasteiger partial charge in [-0.25, -0.2) is 4.39 Å². The summed E-state index contributed by atoms with van der Waals surface area (Å²) in [6, 6.07) is 16.7. The molecule has 2 aromatic heterocycles. The van der Waals surface area contributed by atoms with Gasteiger partial charge in [-0.2, -0.15) is 14.9 Å². The lowest BCUT2D eigenvalue weighted by molar-refractivity contribution is 0.170. The van der Waals surface area contributed by atoms with Crippen molar-refractivity contribution < 1.29 is 9.50 Å². The van der Waals surface area contributed by atoms with Gasteiger partial charge in [0.1, 0.15) is 5.82 Å². The van der Waals surface area contributed by atoms with E-state index in [1.807, 2.05) is 45.0 Å². The number of rotatable bonds is 7. The van der Waals surface area contributed by atoms with Crippen LogP contribution in [0.15, 0.2) is 65.5 Å². The molecule has 0 radical (unpaired) electrons. The van der Waals surface area contributed by atoms with Gasteiger partial charge in [-0.05, 0) is 48.9 Å². The van der Waals surface area contributed by atoms with Crippen LogP contribution in [-0.4, -0.2) is 38.2 Å². The van der Waals surface area contributed by atoms with Crippen LogP contribution in [0.25, 0.3) is 28.2 Å². The minimum absolute atomic E-state index is 0.000980. The number of aromatic amines is 1. The van der Waals surface area contributed by atoms with E-state index in [9.17, 15) is 14.3 Å². The number of nitrogens with one attached hydrogen (secondary N) is 2. The van der Waals surface area contributed by atoms with Crippen LogP contribution in [0.2, 0.25) is 0 Å². The molecule has 0 fully saturated rings. The predicted octanol–water partition coefficient (Wildman–Crippen LogP) is 4.17. The van der Waals surface area contributed by atoms with Crippen LogP contribution in [0.5, 0.6) is 0 Å². The Kier molecular flexibility index (Phi) is 6.11. The Balaban J connectivity index is 1.87. The number of H-pyrrole nitrogens is 1. The maximum absolute atomic E-state index is 13.5. The molecule has 170 valence electrons. The zero-order valence-corrected chi connectivity index (χ0v) is 18.8. The molecule has 0 bridgehead atoms. The summed E-state index contributed by atoms with van der Waals surface area (Å²) in [5, 5.41) is 25.0. The van der Waals surface area contributed by atoms with E-state index in [-0.39, 0.29) is 23.4 Å². The summed E-state index contributed by atoms with van der Waals surface area (Å²) < 4.78 is 14.9. The van der Waals surface area contributed by atoms with Crippen molar-refractivity contribution in [3.63, 3.8) is 0 Å². The van der Waals surface area contributed by atoms with E-state index in [1.165, 1.54) is 22.9 Å². The van der Waals surface area contributed by atoms with Gasteiger partial charge < -0.3 is 10.4 Å². The number of aliphatic hydroxyl groups is 1. The molecule has 4 aromatic rings. The van der Waals surface area contributed by atoms with Crippen molar-refractivity contribution in [3.8, 4) is 28.2 Å². The van der Waals surface area contributed by atoms with Crippen molar-refractivity contribution in [1.82, 2.24) is 20.0 Å². The highest BCUT2D eigenvalue weighted by molar-refractivity contribution is 5.87. The quantitative estimate of drug-likeness (QED) is 0.395. The monoisotopic (exact) mass is 447 g/mol. The molecule has 4 rings (SSSR count). The normalized spacial score (nSPS) is 11.5. The van der Waals surface area contributed by atoms with Crippen molar-refractivity contribution in [2.75, 3.05) is 18.5 Å². The zero-order chi connectivity index (χ0) is 23.6. The minimum Gasteiger partial charge on any atom is -0.396 e. The van der Waals surface area contributed by atoms with Crippen molar-refractivity contribution in [2.24, 2.45) is 5.41 Å². The lowest BCUT2D eigenvalue weighted by atomic mass is 9.95. The maximum Gasteiger partial charge on any atom is 0.271 e. The Morgan fingerprint density at radius 3 is 2.52 bits per heavy atom. The molecule has 0 aliphatic rings. The summed E-state index contributed by atoms with van der Waals surface area (Å²) in [6.07, 6.45) is 0. The molecule has 7 nitrogen and oxygen atoms in total. The molecule has 33 heavy (non-hydrogen) atoms. The smallest absolute Gasteiger partial charge is 0.271 e. The summed E-state index contributed by atoms with van der Waals surface area (Å²) in [4.78, 5) is 12.7. The molecule has 8 heteroatoms. The fourth-order valence-electron chi connectivity index (χ4n) is 3.44. The molecular weight excluding hydrogens is 421 g/mol. The molecule has 0 aliphatic heterocycles. The number of hydrogen-bond acceptors (Lipinski definition) is 5. The molecule has 0 saturated heterocycles. The Morgan fingerprint density at radius 2 is 1.82 bits per heavy atom. The number of aliphatic hydroxyl groups excluding tert-OH is 1. The van der Waals surface area contributed by atoms with Gasteiger partial charge in [-0.3, -0.25) is 9.89 Å². The van der Waals surface area contributed by atoms with E-state index in [0.717, 1.165) is 11.1 Å². The number of halogens is 1. The fourth-order valence-corrected chi connectivity index (χ4v) is 3.44. The third-order valence-corrected chi connectivity index (χ3v) is 5.46. The highest BCUT2D eigenvalue weighted by Gasteiger charge is 2.22. The number of benzene rings is 2. The number of anilines is 1. The van der Waals surface area contributed by atoms with E-state index in [0.29, 0.717) is 35.0 Å². The van der Waals surface area contributed by atoms with Gasteiger partial charge >= 0.3 is 0 Å². The van der Waals surface area contributed by atoms with Crippen LogP contribution < -0.4 is 10.9 Å². The lowest BCUT2D eigenvalue weighted by Crippen LogP contribution is -2.27. The molecule has 2 heterocycles. The number of para-hydroxylation sites is 1. The standard InChI is InChI=1S/C25H26FN5O2/c1-16-6-4-5-7-20(16)31-21(33)13-12-19(30-31)22-23(17-8-10-18(26)11-9-17)28-29-24(22)27-14-25(2,3)15-32/h4-13,32H,14-15H2,1-3H3,(H2,27,28,29). The van der Waals surface area contributed by atoms with Gasteiger partial charge in [-0.15, -0.1) is 0 Å². The Labute approximate surface area is 190 Å². The average molecular weight is 448 g/mol. The molecule has 3 N–H and O–H groups in total. The van der Waals surface area contributed by atoms with Crippen LogP contribution in [0.4, 0.5) is 10.2 Å². The third kappa shape index (κ3) is 4.70. The van der Waals surface area contributed by atoms with E-state index >= 15 is 0 Å². The molecule has 0 saturated carbocycles. The highest BCUT2D eigenvalue weighted by atomic mass is 19.1. The van der Waals surface area contributed by atoms with Crippen LogP contribution in [0, 0.1) is 18.2 Å². The second-order valence-corrected chi connectivity index (χ2v) is 8.76. The predicted molar refractivity (Wildman–Crippen MR) is 127 cm³/mol. The van der Waals surface area contributed by atoms with Gasteiger partial charge in [0.15, 0.2) is 5.82 Å². The van der Waals surface area contributed by atoms with E-state index in [4.69, 9.17) is 0 Å². The number of aryl methyl sites for hydroxylation is 1. The summed E-state index contributed by atoms with van der Waals surface area (Å²) in [5.74, 6) is 0.187. The second-order valence-electron chi connectivity index (χ2n) is 8.76. The molecule has 0 unspecified atom stereocenters. The molecular formula is C25H26FN5O2. The summed E-state index contributed by atoms with van der Waals surface area (Å²) in [5.41, 5.74) is 3.51. The molecule has 2 aromatic carbocycles. The first-order valence-corrected chi connectivity index (χ1v) is 10.6. The number of hydrogen-bond donors (Lipinski definition) is 3. The lowest BCUT2D eigenvalue weighted by Gasteiger charge is -2.22. The van der Waals surface area contributed by atoms with E-state index < -0.39 is 0 Å². The first kappa shape index (κ1) is 22.4. The Morgan fingerprint density at radius 1 is 1.09 bits per heavy atom. The van der Waals surface area contributed by atoms with Crippen molar-refractivity contribution in [2.45, 2.75) is 20.8 Å². The summed E-state index contributed by atoms with van der Waals surface area (Å²) in [7, 11) is 0. The number of aromatic nitrogens is 4. The summed E-state index contributed by atoms with van der Waals surface area (Å²) >= 11 is 0. The van der Waals surface area contributed by atoms with E-state index in [1.54, 1.807) is 18.2 Å². The maximum atomic E-state index is 13.5. The highest BCUT2D eigenvalue weighted by Crippen LogP contribution is 2.35.